The summed E-state index contributed by atoms with van der Waals surface area (Å²) in [4.78, 5) is 0. The fraction of sp³-hybridized carbons (Fsp3) is 0. The first-order valence-corrected chi connectivity index (χ1v) is 3.75. The third-order valence-corrected chi connectivity index (χ3v) is 1.78. The third kappa shape index (κ3) is 2.25. The molecule has 60 valence electrons. The number of benzene rings is 1. The Bertz CT molecular complexity index is 241. The molecule has 0 nitrogen and oxygen atoms in total. The summed E-state index contributed by atoms with van der Waals surface area (Å²) in [7, 11) is 0. The van der Waals surface area contributed by atoms with Crippen molar-refractivity contribution in [1.82, 2.24) is 0 Å². The van der Waals surface area contributed by atoms with Gasteiger partial charge in [0.15, 0.2) is 0 Å². The van der Waals surface area contributed by atoms with Crippen molar-refractivity contribution in [3.8, 4) is 0 Å². The molecule has 0 heterocycles. The van der Waals surface area contributed by atoms with Gasteiger partial charge in [0.1, 0.15) is 0 Å². The maximum Gasteiger partial charge on any atom is 0.509 e. The number of rotatable bonds is 1. The molecule has 1 rings (SSSR count). The average Bonchev–Trinajstić information content (AvgIpc) is 1.86. The van der Waals surface area contributed by atoms with E-state index in [0.717, 1.165) is 12.1 Å². The zero-order valence-electron chi connectivity index (χ0n) is 5.40. The summed E-state index contributed by atoms with van der Waals surface area (Å²) < 4.78 is 36.6. The first kappa shape index (κ1) is 8.65. The minimum atomic E-state index is -4.84. The van der Waals surface area contributed by atoms with E-state index < -0.39 is 12.4 Å². The van der Waals surface area contributed by atoms with Crippen LogP contribution in [0, 0.1) is 0 Å². The van der Waals surface area contributed by atoms with Crippen molar-refractivity contribution in [1.29, 1.82) is 0 Å². The van der Waals surface area contributed by atoms with E-state index in [-0.39, 0.29) is 0 Å². The van der Waals surface area contributed by atoms with Gasteiger partial charge in [-0.15, -0.1) is 5.46 Å². The molecule has 0 amide bonds. The first-order chi connectivity index (χ1) is 5.00. The first-order valence-electron chi connectivity index (χ1n) is 2.95. The van der Waals surface area contributed by atoms with Crippen LogP contribution >= 0.6 is 15.9 Å². The second-order valence-corrected chi connectivity index (χ2v) is 3.04. The van der Waals surface area contributed by atoms with Gasteiger partial charge in [0.25, 0.3) is 0 Å². The van der Waals surface area contributed by atoms with Crippen LogP contribution in [0.4, 0.5) is 12.9 Å². The summed E-state index contributed by atoms with van der Waals surface area (Å²) in [6.07, 6.45) is 0. The van der Waals surface area contributed by atoms with Gasteiger partial charge in [0.2, 0.25) is 0 Å². The largest absolute Gasteiger partial charge is 0.509 e. The molecule has 0 aliphatic rings. The van der Waals surface area contributed by atoms with E-state index in [4.69, 9.17) is 0 Å². The van der Waals surface area contributed by atoms with Crippen LogP contribution in [-0.4, -0.2) is 6.98 Å². The molecular formula is C6H4BBrF3-. The van der Waals surface area contributed by atoms with Gasteiger partial charge in [0, 0.05) is 4.47 Å². The Morgan fingerprint density at radius 2 is 1.45 bits per heavy atom. The van der Waals surface area contributed by atoms with Gasteiger partial charge in [-0.1, -0.05) is 40.2 Å². The SMILES string of the molecule is F[B-](F)(F)c1ccc(Br)cc1. The predicted molar refractivity (Wildman–Crippen MR) is 42.9 cm³/mol. The van der Waals surface area contributed by atoms with E-state index in [1.54, 1.807) is 0 Å². The Balaban J connectivity index is 2.99. The highest BCUT2D eigenvalue weighted by Crippen LogP contribution is 2.12. The van der Waals surface area contributed by atoms with Crippen LogP contribution in [0.25, 0.3) is 0 Å². The molecule has 0 saturated heterocycles. The Labute approximate surface area is 70.6 Å². The third-order valence-electron chi connectivity index (χ3n) is 1.25. The summed E-state index contributed by atoms with van der Waals surface area (Å²) >= 11 is 3.05. The molecular weight excluding hydrogens is 220 g/mol. The summed E-state index contributed by atoms with van der Waals surface area (Å²) in [5.41, 5.74) is -0.562. The minimum Gasteiger partial charge on any atom is -0.445 e. The van der Waals surface area contributed by atoms with Gasteiger partial charge < -0.3 is 12.9 Å². The molecule has 0 aliphatic heterocycles. The molecule has 0 unspecified atom stereocenters. The lowest BCUT2D eigenvalue weighted by atomic mass is 9.80. The van der Waals surface area contributed by atoms with Crippen LogP contribution in [0.1, 0.15) is 0 Å². The topological polar surface area (TPSA) is 0 Å². The highest BCUT2D eigenvalue weighted by molar-refractivity contribution is 9.10. The zero-order valence-corrected chi connectivity index (χ0v) is 6.98. The van der Waals surface area contributed by atoms with E-state index >= 15 is 0 Å². The van der Waals surface area contributed by atoms with Gasteiger partial charge in [0.05, 0.1) is 0 Å². The second-order valence-electron chi connectivity index (χ2n) is 2.13. The molecule has 0 atom stereocenters. The lowest BCUT2D eigenvalue weighted by Gasteiger charge is -2.13. The van der Waals surface area contributed by atoms with Crippen molar-refractivity contribution < 1.29 is 12.9 Å². The fourth-order valence-corrected chi connectivity index (χ4v) is 0.945. The molecule has 0 aromatic heterocycles. The summed E-state index contributed by atoms with van der Waals surface area (Å²) in [6, 6.07) is 4.88. The van der Waals surface area contributed by atoms with Crippen LogP contribution in [0.5, 0.6) is 0 Å². The fourth-order valence-electron chi connectivity index (χ4n) is 0.681. The number of hydrogen-bond donors (Lipinski definition) is 0. The van der Waals surface area contributed by atoms with Crippen molar-refractivity contribution in [2.24, 2.45) is 0 Å². The second kappa shape index (κ2) is 2.89. The van der Waals surface area contributed by atoms with Crippen LogP contribution < -0.4 is 5.46 Å². The average molecular weight is 224 g/mol. The van der Waals surface area contributed by atoms with Gasteiger partial charge >= 0.3 is 6.98 Å². The van der Waals surface area contributed by atoms with Gasteiger partial charge in [-0.2, -0.15) is 0 Å². The Kier molecular flexibility index (Phi) is 2.27. The van der Waals surface area contributed by atoms with Crippen LogP contribution in [0.2, 0.25) is 0 Å². The van der Waals surface area contributed by atoms with E-state index in [1.165, 1.54) is 12.1 Å². The van der Waals surface area contributed by atoms with Crippen LogP contribution in [0.15, 0.2) is 28.7 Å². The van der Waals surface area contributed by atoms with E-state index in [2.05, 4.69) is 15.9 Å². The Morgan fingerprint density at radius 3 is 1.82 bits per heavy atom. The van der Waals surface area contributed by atoms with Crippen molar-refractivity contribution in [2.45, 2.75) is 0 Å². The standard InChI is InChI=1S/C6H4BBrF3/c8-6-3-1-5(2-4-6)7(9,10)11/h1-4H/q-1. The van der Waals surface area contributed by atoms with Crippen molar-refractivity contribution in [3.63, 3.8) is 0 Å². The van der Waals surface area contributed by atoms with Gasteiger partial charge in [-0.3, -0.25) is 0 Å². The molecule has 11 heavy (non-hydrogen) atoms. The predicted octanol–water partition coefficient (Wildman–Crippen LogP) is 2.50. The highest BCUT2D eigenvalue weighted by atomic mass is 79.9. The van der Waals surface area contributed by atoms with Crippen molar-refractivity contribution >= 4 is 28.4 Å². The lowest BCUT2D eigenvalue weighted by Crippen LogP contribution is -2.33. The van der Waals surface area contributed by atoms with Gasteiger partial charge in [-0.05, 0) is 0 Å². The zero-order chi connectivity index (χ0) is 8.48. The number of hydrogen-bond acceptors (Lipinski definition) is 0. The molecule has 0 saturated carbocycles. The van der Waals surface area contributed by atoms with Gasteiger partial charge in [-0.25, -0.2) is 0 Å². The normalized spacial score (nSPS) is 11.6. The van der Waals surface area contributed by atoms with Crippen molar-refractivity contribution in [3.05, 3.63) is 28.7 Å². The van der Waals surface area contributed by atoms with E-state index in [1.807, 2.05) is 0 Å². The summed E-state index contributed by atoms with van der Waals surface area (Å²) in [5, 5.41) is 0. The smallest absolute Gasteiger partial charge is 0.445 e. The molecule has 1 aromatic carbocycles. The monoisotopic (exact) mass is 223 g/mol. The maximum atomic E-state index is 12.0. The quantitative estimate of drug-likeness (QED) is 0.642. The molecule has 5 heteroatoms. The highest BCUT2D eigenvalue weighted by Gasteiger charge is 2.24. The summed E-state index contributed by atoms with van der Waals surface area (Å²) in [6.45, 7) is -4.84. The molecule has 0 bridgehead atoms. The van der Waals surface area contributed by atoms with Crippen LogP contribution in [0.3, 0.4) is 0 Å². The molecule has 0 fully saturated rings. The maximum absolute atomic E-state index is 12.0. The molecule has 0 radical (unpaired) electrons. The minimum absolute atomic E-state index is 0.562. The molecule has 0 aliphatic carbocycles. The Morgan fingerprint density at radius 1 is 1.00 bits per heavy atom. The number of halogens is 4. The molecule has 0 spiro atoms. The lowest BCUT2D eigenvalue weighted by molar-refractivity contribution is 0.501. The van der Waals surface area contributed by atoms with Crippen molar-refractivity contribution in [2.75, 3.05) is 0 Å². The summed E-state index contributed by atoms with van der Waals surface area (Å²) in [5.74, 6) is 0. The molecule has 0 N–H and O–H groups in total. The van der Waals surface area contributed by atoms with E-state index in [9.17, 15) is 12.9 Å². The molecule has 1 aromatic rings. The van der Waals surface area contributed by atoms with E-state index in [0.29, 0.717) is 4.47 Å². The van der Waals surface area contributed by atoms with Crippen LogP contribution in [-0.2, 0) is 0 Å². The Hall–Kier alpha value is -0.445.